The molecule has 0 radical (unpaired) electrons. The Hall–Kier alpha value is -3.75. The molecule has 1 aliphatic heterocycles. The molecule has 8 heteroatoms. The van der Waals surface area contributed by atoms with E-state index >= 15 is 0 Å². The molecular formula is C25H23N5O2S. The lowest BCUT2D eigenvalue weighted by molar-refractivity contribution is -0.117. The normalized spacial score (nSPS) is 15.5. The monoisotopic (exact) mass is 457 g/mol. The lowest BCUT2D eigenvalue weighted by atomic mass is 10.1. The highest BCUT2D eigenvalue weighted by Gasteiger charge is 2.22. The molecule has 1 saturated heterocycles. The highest BCUT2D eigenvalue weighted by Crippen LogP contribution is 2.30. The topological polar surface area (TPSA) is 109 Å². The van der Waals surface area contributed by atoms with E-state index in [-0.39, 0.29) is 23.6 Å². The summed E-state index contributed by atoms with van der Waals surface area (Å²) in [6.07, 6.45) is 3.49. The van der Waals surface area contributed by atoms with Gasteiger partial charge in [0.1, 0.15) is 5.69 Å². The maximum Gasteiger partial charge on any atom is 0.274 e. The minimum Gasteiger partial charge on any atom is -0.397 e. The summed E-state index contributed by atoms with van der Waals surface area (Å²) in [5.41, 5.74) is 9.11. The predicted octanol–water partition coefficient (Wildman–Crippen LogP) is 4.49. The average Bonchev–Trinajstić information content (AvgIpc) is 3.55. The number of nitrogen functional groups attached to an aromatic ring is 1. The van der Waals surface area contributed by atoms with Crippen molar-refractivity contribution < 1.29 is 9.59 Å². The van der Waals surface area contributed by atoms with E-state index in [2.05, 4.69) is 20.9 Å². The van der Waals surface area contributed by atoms with Crippen LogP contribution in [0.15, 0.2) is 66.2 Å². The Kier molecular flexibility index (Phi) is 5.77. The van der Waals surface area contributed by atoms with Crippen molar-refractivity contribution in [1.82, 2.24) is 10.3 Å². The zero-order valence-electron chi connectivity index (χ0n) is 17.8. The molecule has 2 aromatic carbocycles. The van der Waals surface area contributed by atoms with E-state index in [1.54, 1.807) is 29.7 Å². The Morgan fingerprint density at radius 2 is 1.97 bits per heavy atom. The Balaban J connectivity index is 1.33. The molecule has 0 saturated carbocycles. The molecule has 7 nitrogen and oxygen atoms in total. The van der Waals surface area contributed by atoms with Gasteiger partial charge in [-0.3, -0.25) is 14.6 Å². The molecule has 5 rings (SSSR count). The number of amides is 2. The second kappa shape index (κ2) is 9.01. The Bertz CT molecular complexity index is 1330. The lowest BCUT2D eigenvalue weighted by Gasteiger charge is -2.12. The van der Waals surface area contributed by atoms with Gasteiger partial charge < -0.3 is 21.7 Å². The number of thiophene rings is 1. The number of anilines is 3. The number of carbonyl (C=O) groups excluding carboxylic acids is 2. The van der Waals surface area contributed by atoms with Gasteiger partial charge >= 0.3 is 0 Å². The van der Waals surface area contributed by atoms with Crippen LogP contribution in [0.2, 0.25) is 0 Å². The summed E-state index contributed by atoms with van der Waals surface area (Å²) in [6.45, 7) is 0.870. The van der Waals surface area contributed by atoms with Gasteiger partial charge in [-0.1, -0.05) is 18.2 Å². The Labute approximate surface area is 195 Å². The van der Waals surface area contributed by atoms with E-state index in [0.29, 0.717) is 17.1 Å². The van der Waals surface area contributed by atoms with Crippen molar-refractivity contribution in [1.29, 1.82) is 0 Å². The van der Waals surface area contributed by atoms with Crippen molar-refractivity contribution in [3.8, 4) is 10.4 Å². The first-order chi connectivity index (χ1) is 16.1. The van der Waals surface area contributed by atoms with Crippen LogP contribution in [0.4, 0.5) is 17.1 Å². The third-order valence-corrected chi connectivity index (χ3v) is 6.62. The van der Waals surface area contributed by atoms with E-state index in [0.717, 1.165) is 40.6 Å². The van der Waals surface area contributed by atoms with Gasteiger partial charge in [0.15, 0.2) is 0 Å². The standard InChI is InChI=1S/C25H23N5O2S/c26-19-8-6-16(23-4-2-10-33-23)13-21(19)30-25(32)22-12-15-5-7-18(11-17(15)14-28-22)29-24(31)20-3-1-9-27-20/h2,4-8,10-14,20,27H,1,3,9,26H2,(H,29,31)(H,30,32). The van der Waals surface area contributed by atoms with Crippen molar-refractivity contribution in [2.45, 2.75) is 18.9 Å². The van der Waals surface area contributed by atoms with Crippen LogP contribution in [-0.4, -0.2) is 29.4 Å². The fourth-order valence-corrected chi connectivity index (χ4v) is 4.65. The molecule has 2 amide bonds. The third kappa shape index (κ3) is 4.57. The first-order valence-corrected chi connectivity index (χ1v) is 11.6. The highest BCUT2D eigenvalue weighted by molar-refractivity contribution is 7.13. The first-order valence-electron chi connectivity index (χ1n) is 10.8. The van der Waals surface area contributed by atoms with Crippen LogP contribution in [0, 0.1) is 0 Å². The van der Waals surface area contributed by atoms with Crippen LogP contribution in [0.3, 0.4) is 0 Å². The van der Waals surface area contributed by atoms with E-state index in [1.807, 2.05) is 47.8 Å². The Morgan fingerprint density at radius 1 is 1.06 bits per heavy atom. The van der Waals surface area contributed by atoms with Gasteiger partial charge in [0, 0.05) is 22.1 Å². The SMILES string of the molecule is Nc1ccc(-c2cccs2)cc1NC(=O)c1cc2ccc(NC(=O)C3CCCN3)cc2cn1. The van der Waals surface area contributed by atoms with Crippen LogP contribution in [0.5, 0.6) is 0 Å². The van der Waals surface area contributed by atoms with Crippen LogP contribution in [0.1, 0.15) is 23.3 Å². The van der Waals surface area contributed by atoms with Crippen LogP contribution in [-0.2, 0) is 4.79 Å². The average molecular weight is 458 g/mol. The minimum atomic E-state index is -0.336. The zero-order chi connectivity index (χ0) is 22.8. The fourth-order valence-electron chi connectivity index (χ4n) is 3.93. The zero-order valence-corrected chi connectivity index (χ0v) is 18.6. The molecule has 0 bridgehead atoms. The van der Waals surface area contributed by atoms with E-state index in [9.17, 15) is 9.59 Å². The molecule has 33 heavy (non-hydrogen) atoms. The summed E-state index contributed by atoms with van der Waals surface area (Å²) >= 11 is 1.62. The van der Waals surface area contributed by atoms with Crippen molar-refractivity contribution in [2.75, 3.05) is 22.9 Å². The Morgan fingerprint density at radius 3 is 2.76 bits per heavy atom. The van der Waals surface area contributed by atoms with E-state index in [1.165, 1.54) is 0 Å². The first kappa shape index (κ1) is 21.1. The number of benzene rings is 2. The van der Waals surface area contributed by atoms with E-state index in [4.69, 9.17) is 5.73 Å². The summed E-state index contributed by atoms with van der Waals surface area (Å²) in [4.78, 5) is 30.6. The molecule has 2 aromatic heterocycles. The number of carbonyl (C=O) groups is 2. The van der Waals surface area contributed by atoms with Crippen molar-refractivity contribution in [3.63, 3.8) is 0 Å². The van der Waals surface area contributed by atoms with Gasteiger partial charge in [-0.15, -0.1) is 11.3 Å². The molecule has 1 unspecified atom stereocenters. The third-order valence-electron chi connectivity index (χ3n) is 5.71. The summed E-state index contributed by atoms with van der Waals surface area (Å²) in [7, 11) is 0. The molecule has 3 heterocycles. The minimum absolute atomic E-state index is 0.0295. The summed E-state index contributed by atoms with van der Waals surface area (Å²) in [5.74, 6) is -0.366. The van der Waals surface area contributed by atoms with Crippen molar-refractivity contribution in [3.05, 3.63) is 71.9 Å². The van der Waals surface area contributed by atoms with Crippen LogP contribution < -0.4 is 21.7 Å². The molecule has 5 N–H and O–H groups in total. The fraction of sp³-hybridized carbons (Fsp3) is 0.160. The number of aromatic nitrogens is 1. The second-order valence-corrected chi connectivity index (χ2v) is 8.95. The maximum absolute atomic E-state index is 12.9. The molecule has 1 fully saturated rings. The summed E-state index contributed by atoms with van der Waals surface area (Å²) in [6, 6.07) is 16.7. The molecule has 0 aliphatic carbocycles. The largest absolute Gasteiger partial charge is 0.397 e. The van der Waals surface area contributed by atoms with Crippen molar-refractivity contribution >= 4 is 51.0 Å². The van der Waals surface area contributed by atoms with Gasteiger partial charge in [-0.25, -0.2) is 0 Å². The number of hydrogen-bond acceptors (Lipinski definition) is 6. The van der Waals surface area contributed by atoms with Gasteiger partial charge in [0.05, 0.1) is 17.4 Å². The summed E-state index contributed by atoms with van der Waals surface area (Å²) in [5, 5.41) is 12.7. The molecule has 166 valence electrons. The number of hydrogen-bond donors (Lipinski definition) is 4. The van der Waals surface area contributed by atoms with Crippen LogP contribution in [0.25, 0.3) is 21.2 Å². The second-order valence-electron chi connectivity index (χ2n) is 8.00. The van der Waals surface area contributed by atoms with Gasteiger partial charge in [-0.05, 0) is 72.1 Å². The van der Waals surface area contributed by atoms with E-state index < -0.39 is 0 Å². The molecule has 4 aromatic rings. The molecule has 1 aliphatic rings. The summed E-state index contributed by atoms with van der Waals surface area (Å²) < 4.78 is 0. The number of rotatable bonds is 5. The number of fused-ring (bicyclic) bond motifs is 1. The smallest absolute Gasteiger partial charge is 0.274 e. The number of pyridine rings is 1. The van der Waals surface area contributed by atoms with Gasteiger partial charge in [-0.2, -0.15) is 0 Å². The van der Waals surface area contributed by atoms with Gasteiger partial charge in [0.2, 0.25) is 5.91 Å². The predicted molar refractivity (Wildman–Crippen MR) is 134 cm³/mol. The molecular weight excluding hydrogens is 434 g/mol. The number of nitrogens with one attached hydrogen (secondary N) is 3. The molecule has 0 spiro atoms. The van der Waals surface area contributed by atoms with Crippen molar-refractivity contribution in [2.24, 2.45) is 0 Å². The number of nitrogens with zero attached hydrogens (tertiary/aromatic N) is 1. The van der Waals surface area contributed by atoms with Gasteiger partial charge in [0.25, 0.3) is 5.91 Å². The quantitative estimate of drug-likeness (QED) is 0.330. The number of nitrogens with two attached hydrogens (primary N) is 1. The lowest BCUT2D eigenvalue weighted by Crippen LogP contribution is -2.35. The van der Waals surface area contributed by atoms with Crippen LogP contribution >= 0.6 is 11.3 Å². The molecule has 1 atom stereocenters. The highest BCUT2D eigenvalue weighted by atomic mass is 32.1. The maximum atomic E-state index is 12.9.